The first-order chi connectivity index (χ1) is 24.3. The van der Waals surface area contributed by atoms with Gasteiger partial charge in [0.1, 0.15) is 36.6 Å². The predicted octanol–water partition coefficient (Wildman–Crippen LogP) is -3.48. The fraction of sp³-hybridized carbons (Fsp3) is 0.524. The van der Waals surface area contributed by atoms with Crippen molar-refractivity contribution in [2.45, 2.75) is 55.9 Å². The predicted molar refractivity (Wildman–Crippen MR) is 171 cm³/mol. The molecule has 12 N–H and O–H groups in total. The molecule has 31 heteroatoms. The van der Waals surface area contributed by atoms with E-state index in [1.807, 2.05) is 0 Å². The van der Waals surface area contributed by atoms with Crippen molar-refractivity contribution in [3.05, 3.63) is 33.4 Å². The maximum atomic E-state index is 13.2. The molecule has 2 aliphatic rings. The number of H-pyrrole nitrogens is 2. The van der Waals surface area contributed by atoms with E-state index >= 15 is 0 Å². The van der Waals surface area contributed by atoms with Crippen LogP contribution in [0.3, 0.4) is 0 Å². The third-order valence-corrected chi connectivity index (χ3v) is 13.1. The molecule has 0 bridgehead atoms. The molecule has 0 aliphatic carbocycles. The Morgan fingerprint density at radius 2 is 1.15 bits per heavy atom. The third-order valence-electron chi connectivity index (χ3n) is 7.77. The van der Waals surface area contributed by atoms with Crippen molar-refractivity contribution in [1.29, 1.82) is 0 Å². The van der Waals surface area contributed by atoms with Crippen LogP contribution in [0, 0.1) is 0 Å². The summed E-state index contributed by atoms with van der Waals surface area (Å²) < 4.78 is 70.7. The Morgan fingerprint density at radius 1 is 0.769 bits per heavy atom. The lowest BCUT2D eigenvalue weighted by Gasteiger charge is -2.23. The average molecular weight is 798 g/mol. The number of phosphoric ester groups is 2. The van der Waals surface area contributed by atoms with Crippen LogP contribution in [-0.2, 0) is 40.8 Å². The molecule has 4 aromatic heterocycles. The Morgan fingerprint density at radius 3 is 1.52 bits per heavy atom. The summed E-state index contributed by atoms with van der Waals surface area (Å²) in [5.74, 6) is -0.572. The molecule has 5 unspecified atom stereocenters. The lowest BCUT2D eigenvalue weighted by atomic mass is 10.1. The van der Waals surface area contributed by atoms with Crippen LogP contribution in [0.15, 0.2) is 22.2 Å². The number of nitrogen functional groups attached to an aromatic ring is 2. The van der Waals surface area contributed by atoms with E-state index in [-0.39, 0.29) is 34.2 Å². The summed E-state index contributed by atoms with van der Waals surface area (Å²) in [6, 6.07) is 0. The minimum atomic E-state index is -5.46. The van der Waals surface area contributed by atoms with Crippen LogP contribution in [0.2, 0.25) is 6.82 Å². The van der Waals surface area contributed by atoms with Crippen LogP contribution in [-0.4, -0.2) is 126 Å². The number of nitrogens with zero attached hydrogens (tertiary/aromatic N) is 6. The molecule has 0 radical (unpaired) electrons. The van der Waals surface area contributed by atoms with Gasteiger partial charge in [0.15, 0.2) is 34.8 Å². The monoisotopic (exact) mass is 798 g/mol. The number of phosphoric acid groups is 2. The fourth-order valence-electron chi connectivity index (χ4n) is 5.28. The van der Waals surface area contributed by atoms with Crippen molar-refractivity contribution in [3.8, 4) is 0 Å². The van der Waals surface area contributed by atoms with Gasteiger partial charge in [-0.05, 0) is 0 Å². The minimum Gasteiger partial charge on any atom is -0.387 e. The number of hydrogen-bond donors (Lipinski definition) is 10. The zero-order valence-corrected chi connectivity index (χ0v) is 28.9. The van der Waals surface area contributed by atoms with Gasteiger partial charge in [-0.1, -0.05) is 6.82 Å². The van der Waals surface area contributed by atoms with Crippen LogP contribution in [0.1, 0.15) is 12.5 Å². The van der Waals surface area contributed by atoms with Crippen LogP contribution >= 0.6 is 23.1 Å². The number of hydrogen-bond acceptors (Lipinski definition) is 21. The van der Waals surface area contributed by atoms with Crippen LogP contribution in [0.4, 0.5) is 11.9 Å². The van der Waals surface area contributed by atoms with Crippen molar-refractivity contribution in [1.82, 2.24) is 39.0 Å². The lowest BCUT2D eigenvalue weighted by molar-refractivity contribution is -0.0507. The highest BCUT2D eigenvalue weighted by atomic mass is 31.3. The molecule has 6 heterocycles. The second kappa shape index (κ2) is 14.1. The molecule has 0 saturated carbocycles. The van der Waals surface area contributed by atoms with Crippen molar-refractivity contribution in [2.24, 2.45) is 0 Å². The third kappa shape index (κ3) is 7.50. The number of ether oxygens (including phenoxy) is 2. The molecular formula is C21H30BN10O17P3. The second-order valence-corrected chi connectivity index (χ2v) is 16.8. The van der Waals surface area contributed by atoms with E-state index < -0.39 is 104 Å². The van der Waals surface area contributed by atoms with E-state index in [0.717, 1.165) is 28.6 Å². The van der Waals surface area contributed by atoms with Gasteiger partial charge in [-0.25, -0.2) is 27.7 Å². The standard InChI is InChI=1S/C21H30BN10O17P3/c1-22-50(39,48-51(40,41)44-2-6-10(33)12(35)18(46-6)31-4-25-8-14(31)27-20(23)29-16(8)37)49-52(42,43)45-3-7-11(34)13(36)19(47-7)32-5-26-9-15(32)28-21(24)30-17(9)38/h4-7,10-13,18-19,22,33-36H,2-3H2,1H3,(H,40,41)(H,42,43)(H3,23,27,29,37)(H3,24,28,30,38)/t6-,7-,10+,11?,12?,13+,18-,19-,50?/m1/s1. The van der Waals surface area contributed by atoms with E-state index in [9.17, 15) is 53.5 Å². The first kappa shape index (κ1) is 38.3. The summed E-state index contributed by atoms with van der Waals surface area (Å²) in [4.78, 5) is 64.8. The van der Waals surface area contributed by atoms with Gasteiger partial charge in [-0.15, -0.1) is 0 Å². The van der Waals surface area contributed by atoms with E-state index in [4.69, 9.17) is 30.0 Å². The number of nitrogens with two attached hydrogens (primary N) is 2. The topological polar surface area (TPSA) is 407 Å². The van der Waals surface area contributed by atoms with Gasteiger partial charge in [-0.3, -0.25) is 42.3 Å². The number of aromatic amines is 2. The summed E-state index contributed by atoms with van der Waals surface area (Å²) in [6.07, 6.45) is -10.8. The number of aliphatic hydroxyl groups is 4. The number of aromatic nitrogens is 8. The van der Waals surface area contributed by atoms with Crippen LogP contribution in [0.5, 0.6) is 0 Å². The molecular weight excluding hydrogens is 768 g/mol. The highest BCUT2D eigenvalue weighted by Gasteiger charge is 2.49. The summed E-state index contributed by atoms with van der Waals surface area (Å²) in [5.41, 5.74) is 9.14. The van der Waals surface area contributed by atoms with Gasteiger partial charge in [0.2, 0.25) is 11.9 Å². The first-order valence-electron chi connectivity index (χ1n) is 14.8. The van der Waals surface area contributed by atoms with Crippen LogP contribution in [0.25, 0.3) is 22.3 Å². The van der Waals surface area contributed by atoms with E-state index in [1.165, 1.54) is 0 Å². The number of anilines is 2. The molecule has 11 atom stereocenters. The van der Waals surface area contributed by atoms with Crippen LogP contribution < -0.4 is 22.6 Å². The van der Waals surface area contributed by atoms with Crippen molar-refractivity contribution in [2.75, 3.05) is 24.7 Å². The Bertz CT molecular complexity index is 2100. The number of aliphatic hydroxyl groups excluding tert-OH is 4. The van der Waals surface area contributed by atoms with Crippen molar-refractivity contribution >= 4 is 64.3 Å². The maximum Gasteiger partial charge on any atom is 0.478 e. The van der Waals surface area contributed by atoms with Gasteiger partial charge < -0.3 is 51.2 Å². The van der Waals surface area contributed by atoms with Gasteiger partial charge in [0, 0.05) is 0 Å². The summed E-state index contributed by atoms with van der Waals surface area (Å²) >= 11 is 0. The number of fused-ring (bicyclic) bond motifs is 2. The molecule has 0 spiro atoms. The number of nitrogens with one attached hydrogen (secondary N) is 2. The summed E-state index contributed by atoms with van der Waals surface area (Å²) in [5, 5.41) is 42.2. The normalized spacial score (nSPS) is 30.0. The Hall–Kier alpha value is -3.43. The summed E-state index contributed by atoms with van der Waals surface area (Å²) in [6.45, 7) is -1.65. The highest BCUT2D eigenvalue weighted by molar-refractivity contribution is 7.89. The number of rotatable bonds is 13. The second-order valence-electron chi connectivity index (χ2n) is 11.3. The molecule has 4 aromatic rings. The van der Waals surface area contributed by atoms with Gasteiger partial charge in [0.25, 0.3) is 25.6 Å². The molecule has 27 nitrogen and oxygen atoms in total. The van der Waals surface area contributed by atoms with E-state index in [1.54, 1.807) is 0 Å². The quantitative estimate of drug-likeness (QED) is 0.0463. The first-order valence-corrected chi connectivity index (χ1v) is 19.5. The molecule has 6 rings (SSSR count). The average Bonchev–Trinajstić information content (AvgIpc) is 3.80. The Labute approximate surface area is 288 Å². The molecule has 2 fully saturated rings. The smallest absolute Gasteiger partial charge is 0.387 e. The largest absolute Gasteiger partial charge is 0.478 e. The zero-order valence-electron chi connectivity index (χ0n) is 26.2. The van der Waals surface area contributed by atoms with Crippen molar-refractivity contribution < 1.29 is 71.1 Å². The fourth-order valence-corrected chi connectivity index (χ4v) is 10.2. The SMILES string of the molecule is CBP(=O)(OP(=O)(O)OC[C@H]1O[C@@H](n2cnc3c(=O)[nH]c(N)nc32)[C@@H](O)C1O)OP(=O)(O)OC[C@H]1O[C@@H](n2cnc3c(=O)[nH]c(N)nc32)C(O)[C@H]1O. The molecule has 2 saturated heterocycles. The Balaban J connectivity index is 1.06. The van der Waals surface area contributed by atoms with E-state index in [2.05, 4.69) is 38.5 Å². The zero-order chi connectivity index (χ0) is 37.9. The Kier molecular flexibility index (Phi) is 10.4. The van der Waals surface area contributed by atoms with Gasteiger partial charge in [-0.2, -0.15) is 9.97 Å². The molecule has 0 aromatic carbocycles. The van der Waals surface area contributed by atoms with E-state index in [0.29, 0.717) is 0 Å². The molecule has 2 aliphatic heterocycles. The molecule has 52 heavy (non-hydrogen) atoms. The lowest BCUT2D eigenvalue weighted by Crippen LogP contribution is -2.33. The number of imidazole rings is 2. The maximum absolute atomic E-state index is 13.2. The highest BCUT2D eigenvalue weighted by Crippen LogP contribution is 2.69. The minimum absolute atomic E-state index is 0.121. The van der Waals surface area contributed by atoms with Crippen molar-refractivity contribution in [3.63, 3.8) is 0 Å². The van der Waals surface area contributed by atoms with Gasteiger partial charge >= 0.3 is 15.6 Å². The summed E-state index contributed by atoms with van der Waals surface area (Å²) in [7, 11) is -15.9. The molecule has 0 amide bonds. The molecule has 284 valence electrons. The van der Waals surface area contributed by atoms with Gasteiger partial charge in [0.05, 0.1) is 25.9 Å².